The van der Waals surface area contributed by atoms with Crippen LogP contribution in [0.5, 0.6) is 0 Å². The molecule has 4 aromatic carbocycles. The van der Waals surface area contributed by atoms with Crippen LogP contribution in [0.2, 0.25) is 0 Å². The molecule has 0 amide bonds. The Balaban J connectivity index is 1.45. The molecule has 0 bridgehead atoms. The molecule has 0 radical (unpaired) electrons. The normalized spacial score (nSPS) is 16.2. The number of aryl methyl sites for hydroxylation is 1. The molecule has 0 saturated carbocycles. The zero-order chi connectivity index (χ0) is 20.1. The molecule has 0 spiro atoms. The van der Waals surface area contributed by atoms with Crippen LogP contribution in [0.1, 0.15) is 41.4 Å². The van der Waals surface area contributed by atoms with E-state index in [1.807, 2.05) is 0 Å². The minimum Gasteiger partial charge on any atom is -0.323 e. The molecule has 2 heteroatoms. The van der Waals surface area contributed by atoms with E-state index >= 15 is 0 Å². The van der Waals surface area contributed by atoms with Crippen molar-refractivity contribution in [1.82, 2.24) is 4.98 Å². The first kappa shape index (κ1) is 17.6. The molecule has 1 atom stereocenters. The summed E-state index contributed by atoms with van der Waals surface area (Å²) in [5, 5.41) is 7.82. The van der Waals surface area contributed by atoms with Crippen molar-refractivity contribution in [1.29, 1.82) is 0 Å². The van der Waals surface area contributed by atoms with E-state index < -0.39 is 0 Å². The van der Waals surface area contributed by atoms with Gasteiger partial charge in [-0.2, -0.15) is 0 Å². The van der Waals surface area contributed by atoms with Crippen LogP contribution in [-0.2, 0) is 12.8 Å². The summed E-state index contributed by atoms with van der Waals surface area (Å²) in [6.07, 6.45) is 4.15. The number of hydrogen-bond donors (Lipinski definition) is 1. The number of nitrogens with two attached hydrogens (primary N) is 1. The van der Waals surface area contributed by atoms with Crippen molar-refractivity contribution >= 4 is 32.3 Å². The first-order valence-electron chi connectivity index (χ1n) is 10.8. The van der Waals surface area contributed by atoms with Gasteiger partial charge in [-0.1, -0.05) is 72.8 Å². The van der Waals surface area contributed by atoms with Crippen molar-refractivity contribution in [3.63, 3.8) is 0 Å². The van der Waals surface area contributed by atoms with Crippen molar-refractivity contribution in [2.75, 3.05) is 0 Å². The van der Waals surface area contributed by atoms with Gasteiger partial charge in [-0.05, 0) is 68.8 Å². The summed E-state index contributed by atoms with van der Waals surface area (Å²) < 4.78 is 0. The first-order chi connectivity index (χ1) is 14.8. The molecule has 1 unspecified atom stereocenters. The van der Waals surface area contributed by atoms with Gasteiger partial charge < -0.3 is 5.73 Å². The Morgan fingerprint density at radius 2 is 1.53 bits per heavy atom. The van der Waals surface area contributed by atoms with E-state index in [-0.39, 0.29) is 6.04 Å². The Hall–Kier alpha value is -3.23. The van der Waals surface area contributed by atoms with Crippen LogP contribution >= 0.6 is 0 Å². The van der Waals surface area contributed by atoms with Crippen molar-refractivity contribution in [3.05, 3.63) is 101 Å². The quantitative estimate of drug-likeness (QED) is 0.352. The first-order valence-corrected chi connectivity index (χ1v) is 10.8. The Bertz CT molecular complexity index is 1420. The maximum Gasteiger partial charge on any atom is 0.0606 e. The average molecular weight is 389 g/mol. The summed E-state index contributed by atoms with van der Waals surface area (Å²) in [4.78, 5) is 4.95. The highest BCUT2D eigenvalue weighted by Crippen LogP contribution is 2.32. The summed E-state index contributed by atoms with van der Waals surface area (Å²) in [5.74, 6) is 0. The van der Waals surface area contributed by atoms with Gasteiger partial charge in [0.15, 0.2) is 0 Å². The van der Waals surface area contributed by atoms with E-state index in [1.165, 1.54) is 49.9 Å². The van der Waals surface area contributed by atoms with E-state index in [4.69, 9.17) is 10.7 Å². The van der Waals surface area contributed by atoms with Gasteiger partial charge in [-0.25, -0.2) is 0 Å². The number of aromatic nitrogens is 1. The monoisotopic (exact) mass is 388 g/mol. The van der Waals surface area contributed by atoms with Gasteiger partial charge >= 0.3 is 0 Å². The van der Waals surface area contributed by atoms with Gasteiger partial charge in [0.05, 0.1) is 5.69 Å². The molecule has 1 aliphatic rings. The van der Waals surface area contributed by atoms with E-state index in [2.05, 4.69) is 78.9 Å². The van der Waals surface area contributed by atoms with Crippen LogP contribution in [0.25, 0.3) is 32.3 Å². The fourth-order valence-electron chi connectivity index (χ4n) is 5.01. The molecule has 146 valence electrons. The zero-order valence-electron chi connectivity index (χ0n) is 16.9. The van der Waals surface area contributed by atoms with Gasteiger partial charge in [0.25, 0.3) is 0 Å². The lowest BCUT2D eigenvalue weighted by Gasteiger charge is -2.21. The standard InChI is InChI=1S/C28H24N2/c29-27-7-3-5-21-10-13-22(30-28(21)27)16-18-8-9-20-12-14-24-23-6-2-1-4-19(23)11-15-25(24)26(20)17-18/h1-2,4,6,8-15,17,27H,3,5,7,16,29H2. The number of hydrogen-bond acceptors (Lipinski definition) is 2. The average Bonchev–Trinajstić information content (AvgIpc) is 2.79. The van der Waals surface area contributed by atoms with Crippen molar-refractivity contribution in [2.45, 2.75) is 31.7 Å². The number of pyridine rings is 1. The highest BCUT2D eigenvalue weighted by molar-refractivity contribution is 6.17. The lowest BCUT2D eigenvalue weighted by Crippen LogP contribution is -2.19. The molecular weight excluding hydrogens is 364 g/mol. The van der Waals surface area contributed by atoms with E-state index in [9.17, 15) is 0 Å². The second kappa shape index (κ2) is 6.93. The predicted octanol–water partition coefficient (Wildman–Crippen LogP) is 6.47. The Morgan fingerprint density at radius 3 is 2.43 bits per heavy atom. The maximum atomic E-state index is 6.33. The summed E-state index contributed by atoms with van der Waals surface area (Å²) in [6, 6.07) is 28.9. The largest absolute Gasteiger partial charge is 0.323 e. The number of benzene rings is 4. The summed E-state index contributed by atoms with van der Waals surface area (Å²) >= 11 is 0. The fraction of sp³-hybridized carbons (Fsp3) is 0.179. The number of rotatable bonds is 2. The maximum absolute atomic E-state index is 6.33. The van der Waals surface area contributed by atoms with E-state index in [1.54, 1.807) is 0 Å². The third kappa shape index (κ3) is 2.88. The molecule has 2 nitrogen and oxygen atoms in total. The van der Waals surface area contributed by atoms with E-state index in [0.29, 0.717) is 0 Å². The third-order valence-corrected chi connectivity index (χ3v) is 6.58. The minimum atomic E-state index is 0.0857. The van der Waals surface area contributed by atoms with E-state index in [0.717, 1.165) is 30.7 Å². The Morgan fingerprint density at radius 1 is 0.767 bits per heavy atom. The summed E-state index contributed by atoms with van der Waals surface area (Å²) in [7, 11) is 0. The minimum absolute atomic E-state index is 0.0857. The topological polar surface area (TPSA) is 38.9 Å². The molecular formula is C28H24N2. The molecule has 1 heterocycles. The van der Waals surface area contributed by atoms with Gasteiger partial charge in [0.1, 0.15) is 0 Å². The molecule has 2 N–H and O–H groups in total. The van der Waals surface area contributed by atoms with Crippen LogP contribution in [0.15, 0.2) is 78.9 Å². The second-order valence-electron chi connectivity index (χ2n) is 8.53. The summed E-state index contributed by atoms with van der Waals surface area (Å²) in [6.45, 7) is 0. The summed E-state index contributed by atoms with van der Waals surface area (Å²) in [5.41, 5.74) is 11.2. The van der Waals surface area contributed by atoms with Crippen molar-refractivity contribution in [2.24, 2.45) is 5.73 Å². The second-order valence-corrected chi connectivity index (χ2v) is 8.53. The molecule has 30 heavy (non-hydrogen) atoms. The van der Waals surface area contributed by atoms with Crippen LogP contribution in [-0.4, -0.2) is 4.98 Å². The van der Waals surface area contributed by atoms with Crippen LogP contribution in [0.3, 0.4) is 0 Å². The highest BCUT2D eigenvalue weighted by atomic mass is 14.8. The zero-order valence-corrected chi connectivity index (χ0v) is 16.9. The number of fused-ring (bicyclic) bond motifs is 6. The molecule has 0 saturated heterocycles. The van der Waals surface area contributed by atoms with Gasteiger partial charge in [0.2, 0.25) is 0 Å². The molecule has 0 fully saturated rings. The highest BCUT2D eigenvalue weighted by Gasteiger charge is 2.18. The van der Waals surface area contributed by atoms with Crippen molar-refractivity contribution in [3.8, 4) is 0 Å². The van der Waals surface area contributed by atoms with Gasteiger partial charge in [-0.3, -0.25) is 4.98 Å². The Labute approximate surface area is 176 Å². The molecule has 5 aromatic rings. The molecule has 1 aliphatic carbocycles. The number of nitrogens with zero attached hydrogens (tertiary/aromatic N) is 1. The lowest BCUT2D eigenvalue weighted by atomic mass is 9.91. The third-order valence-electron chi connectivity index (χ3n) is 6.58. The smallest absolute Gasteiger partial charge is 0.0606 e. The SMILES string of the molecule is NC1CCCc2ccc(Cc3ccc4ccc5c6ccccc6ccc5c4c3)nc21. The van der Waals surface area contributed by atoms with Gasteiger partial charge in [0, 0.05) is 18.2 Å². The lowest BCUT2D eigenvalue weighted by molar-refractivity contribution is 0.552. The van der Waals surface area contributed by atoms with Crippen LogP contribution in [0.4, 0.5) is 0 Å². The molecule has 6 rings (SSSR count). The Kier molecular flexibility index (Phi) is 4.07. The van der Waals surface area contributed by atoms with Crippen LogP contribution in [0, 0.1) is 0 Å². The van der Waals surface area contributed by atoms with Crippen LogP contribution < -0.4 is 5.73 Å². The molecule has 0 aliphatic heterocycles. The predicted molar refractivity (Wildman–Crippen MR) is 126 cm³/mol. The molecule has 1 aromatic heterocycles. The fourth-order valence-corrected chi connectivity index (χ4v) is 5.01. The van der Waals surface area contributed by atoms with Crippen molar-refractivity contribution < 1.29 is 0 Å². The van der Waals surface area contributed by atoms with Gasteiger partial charge in [-0.15, -0.1) is 0 Å².